The van der Waals surface area contributed by atoms with Gasteiger partial charge in [-0.1, -0.05) is 36.8 Å². The monoisotopic (exact) mass is 261 g/mol. The van der Waals surface area contributed by atoms with Crippen LogP contribution in [0.4, 0.5) is 0 Å². The van der Waals surface area contributed by atoms with E-state index in [1.54, 1.807) is 11.8 Å². The van der Waals surface area contributed by atoms with E-state index in [4.69, 9.17) is 5.73 Å². The summed E-state index contributed by atoms with van der Waals surface area (Å²) in [5.41, 5.74) is 6.79. The Morgan fingerprint density at radius 1 is 1.33 bits per heavy atom. The van der Waals surface area contributed by atoms with Gasteiger partial charge in [-0.05, 0) is 31.4 Å². The number of primary amides is 1. The number of benzene rings is 1. The average molecular weight is 261 g/mol. The zero-order valence-corrected chi connectivity index (χ0v) is 11.6. The molecule has 1 amide bonds. The zero-order chi connectivity index (χ0) is 13.1. The van der Waals surface area contributed by atoms with Crippen molar-refractivity contribution in [3.05, 3.63) is 42.0 Å². The molecule has 3 atom stereocenters. The highest BCUT2D eigenvalue weighted by Crippen LogP contribution is 2.37. The Morgan fingerprint density at radius 2 is 2.00 bits per heavy atom. The van der Waals surface area contributed by atoms with Gasteiger partial charge in [-0.2, -0.15) is 0 Å². The Morgan fingerprint density at radius 3 is 2.61 bits per heavy atom. The van der Waals surface area contributed by atoms with E-state index < -0.39 is 0 Å². The Hall–Kier alpha value is -1.22. The first-order valence-electron chi connectivity index (χ1n) is 6.27. The third kappa shape index (κ3) is 2.96. The molecule has 0 aromatic heterocycles. The minimum atomic E-state index is -0.184. The second-order valence-corrected chi connectivity index (χ2v) is 6.23. The summed E-state index contributed by atoms with van der Waals surface area (Å²) in [5.74, 6) is -0.0167. The summed E-state index contributed by atoms with van der Waals surface area (Å²) in [5, 5.41) is 0.255. The van der Waals surface area contributed by atoms with Gasteiger partial charge in [-0.3, -0.25) is 4.79 Å². The second kappa shape index (κ2) is 5.61. The third-order valence-corrected chi connectivity index (χ3v) is 4.74. The molecule has 1 aromatic carbocycles. The van der Waals surface area contributed by atoms with Crippen molar-refractivity contribution < 1.29 is 4.79 Å². The van der Waals surface area contributed by atoms with Gasteiger partial charge in [0.25, 0.3) is 0 Å². The number of carbonyl (C=O) groups is 1. The van der Waals surface area contributed by atoms with Crippen LogP contribution in [0.5, 0.6) is 0 Å². The Balaban J connectivity index is 2.14. The van der Waals surface area contributed by atoms with Crippen LogP contribution in [-0.2, 0) is 4.79 Å². The van der Waals surface area contributed by atoms with E-state index in [1.807, 2.05) is 0 Å². The summed E-state index contributed by atoms with van der Waals surface area (Å²) < 4.78 is 0. The first kappa shape index (κ1) is 13.2. The molecule has 1 aliphatic rings. The number of carbonyl (C=O) groups excluding carboxylic acids is 1. The molecule has 18 heavy (non-hydrogen) atoms. The van der Waals surface area contributed by atoms with E-state index in [9.17, 15) is 4.79 Å². The molecule has 2 rings (SSSR count). The first-order valence-corrected chi connectivity index (χ1v) is 7.15. The number of amides is 1. The van der Waals surface area contributed by atoms with E-state index >= 15 is 0 Å². The Bertz CT molecular complexity index is 452. The number of aryl methyl sites for hydroxylation is 1. The number of hydrogen-bond donors (Lipinski definition) is 1. The van der Waals surface area contributed by atoms with Crippen molar-refractivity contribution in [3.63, 3.8) is 0 Å². The molecule has 0 fully saturated rings. The van der Waals surface area contributed by atoms with Gasteiger partial charge in [0.15, 0.2) is 0 Å². The Labute approximate surface area is 113 Å². The van der Waals surface area contributed by atoms with Gasteiger partial charge in [-0.15, -0.1) is 11.8 Å². The van der Waals surface area contributed by atoms with Gasteiger partial charge >= 0.3 is 0 Å². The fourth-order valence-corrected chi connectivity index (χ4v) is 3.77. The minimum absolute atomic E-state index is 0.0682. The Kier molecular flexibility index (Phi) is 4.12. The molecule has 96 valence electrons. The van der Waals surface area contributed by atoms with Crippen molar-refractivity contribution in [2.24, 2.45) is 17.6 Å². The molecule has 0 unspecified atom stereocenters. The second-order valence-electron chi connectivity index (χ2n) is 4.92. The topological polar surface area (TPSA) is 43.1 Å². The third-order valence-electron chi connectivity index (χ3n) is 3.41. The molecule has 3 heteroatoms. The summed E-state index contributed by atoms with van der Waals surface area (Å²) in [6.07, 6.45) is 5.17. The van der Waals surface area contributed by atoms with Crippen LogP contribution in [0.15, 0.2) is 41.3 Å². The molecule has 1 aliphatic carbocycles. The van der Waals surface area contributed by atoms with Crippen LogP contribution in [0, 0.1) is 18.8 Å². The minimum Gasteiger partial charge on any atom is -0.369 e. The van der Waals surface area contributed by atoms with E-state index in [-0.39, 0.29) is 23.0 Å². The lowest BCUT2D eigenvalue weighted by molar-refractivity contribution is -0.122. The fourth-order valence-electron chi connectivity index (χ4n) is 2.39. The van der Waals surface area contributed by atoms with Crippen LogP contribution < -0.4 is 5.73 Å². The number of hydrogen-bond acceptors (Lipinski definition) is 2. The van der Waals surface area contributed by atoms with Crippen molar-refractivity contribution in [2.75, 3.05) is 0 Å². The van der Waals surface area contributed by atoms with Crippen LogP contribution in [0.25, 0.3) is 0 Å². The maximum Gasteiger partial charge on any atom is 0.222 e. The van der Waals surface area contributed by atoms with Crippen molar-refractivity contribution in [1.82, 2.24) is 0 Å². The number of rotatable bonds is 3. The largest absolute Gasteiger partial charge is 0.369 e. The summed E-state index contributed by atoms with van der Waals surface area (Å²) in [6.45, 7) is 4.14. The van der Waals surface area contributed by atoms with Crippen LogP contribution in [0.2, 0.25) is 0 Å². The maximum absolute atomic E-state index is 11.6. The van der Waals surface area contributed by atoms with E-state index in [0.29, 0.717) is 0 Å². The van der Waals surface area contributed by atoms with Crippen LogP contribution in [0.3, 0.4) is 0 Å². The van der Waals surface area contributed by atoms with Gasteiger partial charge in [0.1, 0.15) is 0 Å². The summed E-state index contributed by atoms with van der Waals surface area (Å²) in [4.78, 5) is 12.8. The van der Waals surface area contributed by atoms with Crippen LogP contribution >= 0.6 is 11.8 Å². The van der Waals surface area contributed by atoms with Gasteiger partial charge < -0.3 is 5.73 Å². The number of thioether (sulfide) groups is 1. The first-order chi connectivity index (χ1) is 8.58. The molecule has 1 aromatic rings. The quantitative estimate of drug-likeness (QED) is 0.849. The van der Waals surface area contributed by atoms with E-state index in [2.05, 4.69) is 50.3 Å². The normalized spacial score (nSPS) is 27.1. The lowest BCUT2D eigenvalue weighted by Gasteiger charge is -2.30. The SMILES string of the molecule is Cc1ccc(S[C@@H]2CC=C[C@H](C)[C@@H]2C(N)=O)cc1. The predicted octanol–water partition coefficient (Wildman–Crippen LogP) is 3.15. The van der Waals surface area contributed by atoms with Crippen molar-refractivity contribution in [3.8, 4) is 0 Å². The highest BCUT2D eigenvalue weighted by Gasteiger charge is 2.32. The summed E-state index contributed by atoms with van der Waals surface area (Å²) in [7, 11) is 0. The highest BCUT2D eigenvalue weighted by molar-refractivity contribution is 8.00. The van der Waals surface area contributed by atoms with E-state index in [1.165, 1.54) is 10.5 Å². The molecule has 0 heterocycles. The van der Waals surface area contributed by atoms with Gasteiger partial charge in [-0.25, -0.2) is 0 Å². The fraction of sp³-hybridized carbons (Fsp3) is 0.400. The average Bonchev–Trinajstić information content (AvgIpc) is 2.32. The van der Waals surface area contributed by atoms with E-state index in [0.717, 1.165) is 6.42 Å². The highest BCUT2D eigenvalue weighted by atomic mass is 32.2. The predicted molar refractivity (Wildman–Crippen MR) is 76.4 cm³/mol. The smallest absolute Gasteiger partial charge is 0.222 e. The number of nitrogens with two attached hydrogens (primary N) is 1. The van der Waals surface area contributed by atoms with Crippen molar-refractivity contribution in [1.29, 1.82) is 0 Å². The lowest BCUT2D eigenvalue weighted by Crippen LogP contribution is -2.37. The summed E-state index contributed by atoms with van der Waals surface area (Å²) in [6, 6.07) is 8.43. The molecule has 0 radical (unpaired) electrons. The molecule has 0 saturated carbocycles. The zero-order valence-electron chi connectivity index (χ0n) is 10.8. The van der Waals surface area contributed by atoms with Gasteiger partial charge in [0.05, 0.1) is 5.92 Å². The molecule has 0 bridgehead atoms. The molecule has 2 N–H and O–H groups in total. The molecular formula is C15H19NOS. The molecular weight excluding hydrogens is 242 g/mol. The van der Waals surface area contributed by atoms with Crippen molar-refractivity contribution in [2.45, 2.75) is 30.4 Å². The summed E-state index contributed by atoms with van der Waals surface area (Å²) >= 11 is 1.76. The lowest BCUT2D eigenvalue weighted by atomic mass is 9.84. The molecule has 0 spiro atoms. The molecule has 0 aliphatic heterocycles. The maximum atomic E-state index is 11.6. The molecule has 2 nitrogen and oxygen atoms in total. The number of allylic oxidation sites excluding steroid dienone is 2. The standard InChI is InChI=1S/C15H19NOS/c1-10-6-8-12(9-7-10)18-13-5-3-4-11(2)14(13)15(16)17/h3-4,6-9,11,13-14H,5H2,1-2H3,(H2,16,17)/t11-,13+,14-/m0/s1. The van der Waals surface area contributed by atoms with Crippen LogP contribution in [-0.4, -0.2) is 11.2 Å². The van der Waals surface area contributed by atoms with Crippen molar-refractivity contribution >= 4 is 17.7 Å². The molecule has 0 saturated heterocycles. The van der Waals surface area contributed by atoms with Gasteiger partial charge in [0, 0.05) is 10.1 Å². The van der Waals surface area contributed by atoms with Crippen LogP contribution in [0.1, 0.15) is 18.9 Å². The van der Waals surface area contributed by atoms with Gasteiger partial charge in [0.2, 0.25) is 5.91 Å².